The Kier molecular flexibility index (Phi) is 6.97. The van der Waals surface area contributed by atoms with Gasteiger partial charge in [-0.1, -0.05) is 65.9 Å². The molecule has 0 aromatic heterocycles. The van der Waals surface area contributed by atoms with Crippen molar-refractivity contribution >= 4 is 27.8 Å². The summed E-state index contributed by atoms with van der Waals surface area (Å²) >= 11 is 1.52. The maximum atomic E-state index is 13.0. The monoisotopic (exact) mass is 441 g/mol. The summed E-state index contributed by atoms with van der Waals surface area (Å²) in [5.41, 5.74) is 1.71. The van der Waals surface area contributed by atoms with Crippen LogP contribution < -0.4 is 0 Å². The Morgan fingerprint density at radius 1 is 0.967 bits per heavy atom. The number of hydrogen-bond donors (Lipinski definition) is 1. The summed E-state index contributed by atoms with van der Waals surface area (Å²) in [6.07, 6.45) is 0.0624. The molecule has 7 heteroatoms. The van der Waals surface area contributed by atoms with Crippen LogP contribution in [0, 0.1) is 6.92 Å². The highest BCUT2D eigenvalue weighted by molar-refractivity contribution is 7.99. The van der Waals surface area contributed by atoms with Gasteiger partial charge in [-0.15, -0.1) is 0 Å². The molecule has 0 heterocycles. The van der Waals surface area contributed by atoms with Crippen LogP contribution in [0.3, 0.4) is 0 Å². The van der Waals surface area contributed by atoms with Crippen molar-refractivity contribution < 1.29 is 18.3 Å². The lowest BCUT2D eigenvalue weighted by molar-refractivity contribution is -0.141. The zero-order valence-corrected chi connectivity index (χ0v) is 18.4. The van der Waals surface area contributed by atoms with Crippen LogP contribution in [0.1, 0.15) is 11.1 Å². The molecule has 0 saturated carbocycles. The van der Waals surface area contributed by atoms with Crippen molar-refractivity contribution in [1.82, 2.24) is 4.31 Å². The van der Waals surface area contributed by atoms with E-state index in [1.165, 1.54) is 30.9 Å². The second-order valence-corrected chi connectivity index (χ2v) is 10.0. The highest BCUT2D eigenvalue weighted by Crippen LogP contribution is 2.31. The summed E-state index contributed by atoms with van der Waals surface area (Å²) in [6.45, 7) is 1.86. The maximum absolute atomic E-state index is 13.0. The average molecular weight is 442 g/mol. The Morgan fingerprint density at radius 2 is 1.57 bits per heavy atom. The third-order valence-corrected chi connectivity index (χ3v) is 7.79. The van der Waals surface area contributed by atoms with E-state index in [0.29, 0.717) is 0 Å². The number of carboxylic acid groups (broad SMARTS) is 1. The first kappa shape index (κ1) is 22.1. The topological polar surface area (TPSA) is 74.7 Å². The number of nitrogens with zero attached hydrogens (tertiary/aromatic N) is 1. The molecule has 0 aliphatic carbocycles. The van der Waals surface area contributed by atoms with Crippen LogP contribution in [0.5, 0.6) is 0 Å². The molecule has 1 atom stereocenters. The summed E-state index contributed by atoms with van der Waals surface area (Å²) in [4.78, 5) is 14.0. The molecule has 0 aliphatic heterocycles. The van der Waals surface area contributed by atoms with E-state index in [-0.39, 0.29) is 11.3 Å². The molecule has 5 nitrogen and oxygen atoms in total. The summed E-state index contributed by atoms with van der Waals surface area (Å²) < 4.78 is 27.0. The van der Waals surface area contributed by atoms with Crippen molar-refractivity contribution in [3.8, 4) is 0 Å². The maximum Gasteiger partial charge on any atom is 0.322 e. The number of carbonyl (C=O) groups is 1. The first-order valence-corrected chi connectivity index (χ1v) is 11.6. The van der Waals surface area contributed by atoms with E-state index < -0.39 is 22.0 Å². The fourth-order valence-electron chi connectivity index (χ4n) is 3.01. The molecule has 0 spiro atoms. The third kappa shape index (κ3) is 5.11. The molecule has 3 rings (SSSR count). The van der Waals surface area contributed by atoms with Crippen LogP contribution in [0.2, 0.25) is 0 Å². The van der Waals surface area contributed by atoms with E-state index in [9.17, 15) is 18.3 Å². The van der Waals surface area contributed by atoms with Crippen LogP contribution in [-0.2, 0) is 21.2 Å². The lowest BCUT2D eigenvalue weighted by Crippen LogP contribution is -2.43. The van der Waals surface area contributed by atoms with E-state index in [2.05, 4.69) is 0 Å². The van der Waals surface area contributed by atoms with Gasteiger partial charge < -0.3 is 5.11 Å². The average Bonchev–Trinajstić information content (AvgIpc) is 2.73. The number of carboxylic acids is 1. The molecular weight excluding hydrogens is 418 g/mol. The van der Waals surface area contributed by atoms with Gasteiger partial charge in [0.2, 0.25) is 10.0 Å². The summed E-state index contributed by atoms with van der Waals surface area (Å²) in [7, 11) is -2.63. The summed E-state index contributed by atoms with van der Waals surface area (Å²) in [5.74, 6) is -1.19. The predicted molar refractivity (Wildman–Crippen MR) is 118 cm³/mol. The van der Waals surface area contributed by atoms with Crippen molar-refractivity contribution in [3.05, 3.63) is 90.0 Å². The van der Waals surface area contributed by atoms with Gasteiger partial charge in [0.25, 0.3) is 0 Å². The van der Waals surface area contributed by atoms with Crippen molar-refractivity contribution in [2.45, 2.75) is 34.1 Å². The van der Waals surface area contributed by atoms with Crippen molar-refractivity contribution in [2.24, 2.45) is 0 Å². The van der Waals surface area contributed by atoms with Crippen LogP contribution in [0.15, 0.2) is 93.5 Å². The van der Waals surface area contributed by atoms with Crippen LogP contribution >= 0.6 is 11.8 Å². The third-order valence-electron chi connectivity index (χ3n) is 4.78. The van der Waals surface area contributed by atoms with Crippen molar-refractivity contribution in [1.29, 1.82) is 0 Å². The van der Waals surface area contributed by atoms with E-state index in [4.69, 9.17) is 0 Å². The van der Waals surface area contributed by atoms with Gasteiger partial charge in [-0.05, 0) is 42.8 Å². The molecular formula is C23H23NO4S2. The van der Waals surface area contributed by atoms with Gasteiger partial charge in [0.05, 0.1) is 4.90 Å². The van der Waals surface area contributed by atoms with Gasteiger partial charge in [0.1, 0.15) is 6.04 Å². The summed E-state index contributed by atoms with van der Waals surface area (Å²) in [5, 5.41) is 9.83. The molecule has 0 bridgehead atoms. The van der Waals surface area contributed by atoms with E-state index in [0.717, 1.165) is 25.2 Å². The Labute approximate surface area is 181 Å². The number of rotatable bonds is 8. The zero-order chi connectivity index (χ0) is 21.7. The predicted octanol–water partition coefficient (Wildman–Crippen LogP) is 4.46. The van der Waals surface area contributed by atoms with Gasteiger partial charge in [-0.2, -0.15) is 4.31 Å². The molecule has 3 aromatic rings. The normalized spacial score (nSPS) is 12.6. The SMILES string of the molecule is Cc1ccc(S(=O)(=O)N(C)C(Cc2ccccc2Sc2ccccc2)C(=O)O)cc1. The smallest absolute Gasteiger partial charge is 0.322 e. The molecule has 1 unspecified atom stereocenters. The highest BCUT2D eigenvalue weighted by atomic mass is 32.2. The number of aliphatic carboxylic acids is 1. The van der Waals surface area contributed by atoms with Crippen LogP contribution in [0.4, 0.5) is 0 Å². The fourth-order valence-corrected chi connectivity index (χ4v) is 5.30. The van der Waals surface area contributed by atoms with Crippen LogP contribution in [0.25, 0.3) is 0 Å². The molecule has 0 amide bonds. The fraction of sp³-hybridized carbons (Fsp3) is 0.174. The van der Waals surface area contributed by atoms with Crippen molar-refractivity contribution in [3.63, 3.8) is 0 Å². The Balaban J connectivity index is 1.89. The Hall–Kier alpha value is -2.61. The standard InChI is InChI=1S/C23H23NO4S2/c1-17-12-14-20(15-13-17)30(27,28)24(2)21(23(25)26)16-18-8-6-7-11-22(18)29-19-9-4-3-5-10-19/h3-15,21H,16H2,1-2H3,(H,25,26). The minimum atomic E-state index is -3.95. The number of likely N-dealkylation sites (N-methyl/N-ethyl adjacent to an activating group) is 1. The van der Waals surface area contributed by atoms with Gasteiger partial charge in [0, 0.05) is 23.3 Å². The van der Waals surface area contributed by atoms with Gasteiger partial charge in [-0.25, -0.2) is 8.42 Å². The molecule has 0 fully saturated rings. The minimum absolute atomic E-state index is 0.0624. The molecule has 0 radical (unpaired) electrons. The highest BCUT2D eigenvalue weighted by Gasteiger charge is 2.33. The number of benzene rings is 3. The van der Waals surface area contributed by atoms with Gasteiger partial charge in [-0.3, -0.25) is 4.79 Å². The van der Waals surface area contributed by atoms with Gasteiger partial charge in [0.15, 0.2) is 0 Å². The lowest BCUT2D eigenvalue weighted by atomic mass is 10.1. The number of aryl methyl sites for hydroxylation is 1. The summed E-state index contributed by atoms with van der Waals surface area (Å²) in [6, 6.07) is 22.4. The zero-order valence-electron chi connectivity index (χ0n) is 16.7. The van der Waals surface area contributed by atoms with Crippen LogP contribution in [-0.4, -0.2) is 36.9 Å². The first-order valence-electron chi connectivity index (χ1n) is 9.37. The van der Waals surface area contributed by atoms with Crippen molar-refractivity contribution in [2.75, 3.05) is 7.05 Å². The number of hydrogen-bond acceptors (Lipinski definition) is 4. The molecule has 156 valence electrons. The minimum Gasteiger partial charge on any atom is -0.480 e. The second-order valence-electron chi connectivity index (χ2n) is 6.92. The Bertz CT molecular complexity index is 1110. The lowest BCUT2D eigenvalue weighted by Gasteiger charge is -2.25. The van der Waals surface area contributed by atoms with E-state index in [1.807, 2.05) is 61.5 Å². The largest absolute Gasteiger partial charge is 0.480 e. The van der Waals surface area contributed by atoms with E-state index in [1.54, 1.807) is 12.1 Å². The molecule has 3 aromatic carbocycles. The molecule has 1 N–H and O–H groups in total. The van der Waals surface area contributed by atoms with Gasteiger partial charge >= 0.3 is 5.97 Å². The first-order chi connectivity index (χ1) is 14.3. The number of sulfonamides is 1. The second kappa shape index (κ2) is 9.47. The van der Waals surface area contributed by atoms with E-state index >= 15 is 0 Å². The molecule has 0 saturated heterocycles. The molecule has 0 aliphatic rings. The quantitative estimate of drug-likeness (QED) is 0.559. The Morgan fingerprint density at radius 3 is 2.20 bits per heavy atom. The molecule has 30 heavy (non-hydrogen) atoms.